The number of sulfone groups is 1. The maximum atomic E-state index is 12.2. The van der Waals surface area contributed by atoms with Gasteiger partial charge < -0.3 is 4.90 Å². The van der Waals surface area contributed by atoms with Crippen LogP contribution in [0.3, 0.4) is 0 Å². The highest BCUT2D eigenvalue weighted by Gasteiger charge is 2.21. The van der Waals surface area contributed by atoms with Crippen LogP contribution in [0.1, 0.15) is 23.7 Å². The third kappa shape index (κ3) is 4.69. The van der Waals surface area contributed by atoms with E-state index in [9.17, 15) is 21.6 Å². The Balaban J connectivity index is 3.50. The normalized spacial score (nSPS) is 12.2. The second-order valence-corrected chi connectivity index (χ2v) is 9.21. The van der Waals surface area contributed by atoms with Gasteiger partial charge in [0.1, 0.15) is 0 Å². The van der Waals surface area contributed by atoms with Gasteiger partial charge in [-0.05, 0) is 24.6 Å². The summed E-state index contributed by atoms with van der Waals surface area (Å²) in [7, 11) is -1.02. The number of rotatable bonds is 5. The van der Waals surface area contributed by atoms with Crippen LogP contribution >= 0.6 is 10.7 Å². The van der Waals surface area contributed by atoms with Crippen molar-refractivity contribution in [2.24, 2.45) is 0 Å². The summed E-state index contributed by atoms with van der Waals surface area (Å²) in [4.78, 5) is 12.9. The van der Waals surface area contributed by atoms with E-state index < -0.39 is 29.7 Å². The molecule has 6 nitrogen and oxygen atoms in total. The molecule has 0 unspecified atom stereocenters. The molecular formula is C12H16ClNO5S2. The molecule has 0 bridgehead atoms. The standard InChI is InChI=1S/C12H16ClNO5S2/c1-4-5-14(2)12(15)9-6-10(20(3,16)17)8-11(7-9)21(13,18)19/h6-8H,4-5H2,1-3H3. The Bertz CT molecular complexity index is 706. The van der Waals surface area contributed by atoms with Crippen molar-refractivity contribution >= 4 is 35.5 Å². The van der Waals surface area contributed by atoms with Crippen molar-refractivity contribution in [3.8, 4) is 0 Å². The zero-order valence-corrected chi connectivity index (χ0v) is 14.2. The molecule has 1 aromatic rings. The van der Waals surface area contributed by atoms with Gasteiger partial charge in [-0.15, -0.1) is 0 Å². The molecule has 1 amide bonds. The van der Waals surface area contributed by atoms with Crippen molar-refractivity contribution in [3.05, 3.63) is 23.8 Å². The molecule has 0 atom stereocenters. The third-order valence-corrected chi connectivity index (χ3v) is 5.17. The Morgan fingerprint density at radius 1 is 1.14 bits per heavy atom. The first-order valence-corrected chi connectivity index (χ1v) is 10.2. The lowest BCUT2D eigenvalue weighted by Gasteiger charge is -2.17. The van der Waals surface area contributed by atoms with Crippen molar-refractivity contribution in [2.45, 2.75) is 23.1 Å². The molecule has 0 aromatic heterocycles. The smallest absolute Gasteiger partial charge is 0.261 e. The summed E-state index contributed by atoms with van der Waals surface area (Å²) in [6.07, 6.45) is 1.64. The topological polar surface area (TPSA) is 88.6 Å². The zero-order chi connectivity index (χ0) is 16.4. The summed E-state index contributed by atoms with van der Waals surface area (Å²) in [6.45, 7) is 2.34. The number of amides is 1. The van der Waals surface area contributed by atoms with E-state index in [1.54, 1.807) is 7.05 Å². The summed E-state index contributed by atoms with van der Waals surface area (Å²) in [5, 5.41) is 0. The molecule has 0 aliphatic rings. The summed E-state index contributed by atoms with van der Waals surface area (Å²) < 4.78 is 46.1. The van der Waals surface area contributed by atoms with E-state index >= 15 is 0 Å². The van der Waals surface area contributed by atoms with Crippen molar-refractivity contribution in [2.75, 3.05) is 19.8 Å². The van der Waals surface area contributed by atoms with Crippen LogP contribution in [0.25, 0.3) is 0 Å². The molecule has 0 saturated heterocycles. The molecule has 1 aromatic carbocycles. The summed E-state index contributed by atoms with van der Waals surface area (Å²) in [5.74, 6) is -0.469. The van der Waals surface area contributed by atoms with Gasteiger partial charge in [-0.2, -0.15) is 0 Å². The van der Waals surface area contributed by atoms with Gasteiger partial charge >= 0.3 is 0 Å². The molecule has 118 valence electrons. The Kier molecular flexibility index (Phi) is 5.40. The first-order chi connectivity index (χ1) is 9.46. The molecule has 0 spiro atoms. The molecule has 0 N–H and O–H groups in total. The minimum Gasteiger partial charge on any atom is -0.342 e. The van der Waals surface area contributed by atoms with E-state index in [2.05, 4.69) is 0 Å². The number of nitrogens with zero attached hydrogens (tertiary/aromatic N) is 1. The van der Waals surface area contributed by atoms with Gasteiger partial charge in [0.2, 0.25) is 0 Å². The monoisotopic (exact) mass is 353 g/mol. The number of halogens is 1. The van der Waals surface area contributed by atoms with Crippen LogP contribution in [0.5, 0.6) is 0 Å². The Morgan fingerprint density at radius 3 is 2.10 bits per heavy atom. The minimum atomic E-state index is -4.14. The average molecular weight is 354 g/mol. The van der Waals surface area contributed by atoms with Gasteiger partial charge in [0.05, 0.1) is 9.79 Å². The van der Waals surface area contributed by atoms with E-state index in [1.165, 1.54) is 4.90 Å². The van der Waals surface area contributed by atoms with Crippen molar-refractivity contribution in [1.29, 1.82) is 0 Å². The molecular weight excluding hydrogens is 338 g/mol. The molecule has 0 heterocycles. The number of benzene rings is 1. The zero-order valence-electron chi connectivity index (χ0n) is 11.8. The van der Waals surface area contributed by atoms with Crippen LogP contribution in [-0.4, -0.2) is 47.5 Å². The van der Waals surface area contributed by atoms with Crippen LogP contribution < -0.4 is 0 Å². The van der Waals surface area contributed by atoms with Gasteiger partial charge in [0.15, 0.2) is 9.84 Å². The van der Waals surface area contributed by atoms with Crippen LogP contribution in [0.2, 0.25) is 0 Å². The van der Waals surface area contributed by atoms with Gasteiger partial charge in [0.25, 0.3) is 15.0 Å². The number of carbonyl (C=O) groups excluding carboxylic acids is 1. The lowest BCUT2D eigenvalue weighted by molar-refractivity contribution is 0.0794. The van der Waals surface area contributed by atoms with E-state index in [0.29, 0.717) is 13.0 Å². The number of hydrogen-bond donors (Lipinski definition) is 0. The second-order valence-electron chi connectivity index (χ2n) is 4.63. The second kappa shape index (κ2) is 6.33. The minimum absolute atomic E-state index is 0.0342. The molecule has 0 fully saturated rings. The molecule has 21 heavy (non-hydrogen) atoms. The highest BCUT2D eigenvalue weighted by atomic mass is 35.7. The highest BCUT2D eigenvalue weighted by Crippen LogP contribution is 2.22. The summed E-state index contributed by atoms with van der Waals surface area (Å²) in [5.41, 5.74) is -0.0342. The first-order valence-electron chi connectivity index (χ1n) is 6.02. The van der Waals surface area contributed by atoms with Crippen LogP contribution in [0.4, 0.5) is 0 Å². The number of carbonyl (C=O) groups is 1. The Morgan fingerprint density at radius 2 is 1.67 bits per heavy atom. The summed E-state index contributed by atoms with van der Waals surface area (Å²) in [6, 6.07) is 3.16. The van der Waals surface area contributed by atoms with Crippen molar-refractivity contribution < 1.29 is 21.6 Å². The van der Waals surface area contributed by atoms with Gasteiger partial charge in [-0.3, -0.25) is 4.79 Å². The lowest BCUT2D eigenvalue weighted by atomic mass is 10.2. The van der Waals surface area contributed by atoms with Crippen molar-refractivity contribution in [1.82, 2.24) is 4.90 Å². The van der Waals surface area contributed by atoms with Gasteiger partial charge in [-0.1, -0.05) is 6.92 Å². The molecule has 0 radical (unpaired) electrons. The van der Waals surface area contributed by atoms with Gasteiger partial charge in [-0.25, -0.2) is 16.8 Å². The van der Waals surface area contributed by atoms with Crippen molar-refractivity contribution in [3.63, 3.8) is 0 Å². The average Bonchev–Trinajstić information content (AvgIpc) is 2.35. The number of hydrogen-bond acceptors (Lipinski definition) is 5. The largest absolute Gasteiger partial charge is 0.342 e. The third-order valence-electron chi connectivity index (χ3n) is 2.74. The first kappa shape index (κ1) is 17.9. The quantitative estimate of drug-likeness (QED) is 0.748. The van der Waals surface area contributed by atoms with E-state index in [-0.39, 0.29) is 10.5 Å². The van der Waals surface area contributed by atoms with Crippen LogP contribution in [0.15, 0.2) is 28.0 Å². The fraction of sp³-hybridized carbons (Fsp3) is 0.417. The predicted molar refractivity (Wildman–Crippen MR) is 79.8 cm³/mol. The fourth-order valence-electron chi connectivity index (χ4n) is 1.71. The SMILES string of the molecule is CCCN(C)C(=O)c1cc(S(C)(=O)=O)cc(S(=O)(=O)Cl)c1. The molecule has 0 aliphatic carbocycles. The lowest BCUT2D eigenvalue weighted by Crippen LogP contribution is -2.27. The molecule has 9 heteroatoms. The van der Waals surface area contributed by atoms with Crippen LogP contribution in [0, 0.1) is 0 Å². The summed E-state index contributed by atoms with van der Waals surface area (Å²) >= 11 is 0. The van der Waals surface area contributed by atoms with Gasteiger partial charge in [0, 0.05) is 36.1 Å². The van der Waals surface area contributed by atoms with Crippen LogP contribution in [-0.2, 0) is 18.9 Å². The fourth-order valence-corrected chi connectivity index (χ4v) is 3.27. The highest BCUT2D eigenvalue weighted by molar-refractivity contribution is 8.13. The predicted octanol–water partition coefficient (Wildman–Crippen LogP) is 1.50. The van der Waals surface area contributed by atoms with E-state index in [0.717, 1.165) is 24.5 Å². The Labute approximate surface area is 129 Å². The Hall–Kier alpha value is -1.12. The molecule has 0 saturated carbocycles. The van der Waals surface area contributed by atoms with E-state index in [1.807, 2.05) is 6.92 Å². The maximum Gasteiger partial charge on any atom is 0.261 e. The molecule has 0 aliphatic heterocycles. The maximum absolute atomic E-state index is 12.2. The van der Waals surface area contributed by atoms with E-state index in [4.69, 9.17) is 10.7 Å². The molecule has 1 rings (SSSR count).